The second kappa shape index (κ2) is 12.8. The van der Waals surface area contributed by atoms with E-state index in [0.29, 0.717) is 6.42 Å². The zero-order valence-corrected chi connectivity index (χ0v) is 16.2. The normalized spacial score (nSPS) is 12.2. The topological polar surface area (TPSA) is 194 Å². The van der Waals surface area contributed by atoms with Crippen LogP contribution in [0.25, 0.3) is 0 Å². The van der Waals surface area contributed by atoms with Crippen LogP contribution in [0.1, 0.15) is 46.5 Å². The highest BCUT2D eigenvalue weighted by molar-refractivity contribution is 5.95. The number of carbonyl (C=O) groups excluding carboxylic acids is 2. The van der Waals surface area contributed by atoms with E-state index in [9.17, 15) is 14.4 Å². The molecule has 1 atom stereocenters. The molecule has 2 amide bonds. The van der Waals surface area contributed by atoms with Crippen LogP contribution in [0.2, 0.25) is 0 Å². The Morgan fingerprint density at radius 2 is 1.82 bits per heavy atom. The van der Waals surface area contributed by atoms with Gasteiger partial charge in [0.2, 0.25) is 5.91 Å². The van der Waals surface area contributed by atoms with Gasteiger partial charge in [0, 0.05) is 13.0 Å². The summed E-state index contributed by atoms with van der Waals surface area (Å²) in [7, 11) is 0. The summed E-state index contributed by atoms with van der Waals surface area (Å²) in [6, 6.07) is -1.14. The van der Waals surface area contributed by atoms with Gasteiger partial charge in [-0.25, -0.2) is 9.59 Å². The number of amides is 2. The van der Waals surface area contributed by atoms with Crippen LogP contribution >= 0.6 is 0 Å². The fourth-order valence-corrected chi connectivity index (χ4v) is 1.85. The molecule has 0 fully saturated rings. The number of carbonyl (C=O) groups is 3. The fourth-order valence-electron chi connectivity index (χ4n) is 1.85. The SMILES string of the molecule is CC(C)(C)OC(=O)NC(CCCNC(=N)NC(=O)CCCON(O)O)C(=O)O. The Hall–Kier alpha value is -2.48. The molecule has 1 unspecified atom stereocenters. The maximum atomic E-state index is 11.6. The number of ether oxygens (including phenoxy) is 1. The van der Waals surface area contributed by atoms with E-state index in [2.05, 4.69) is 20.8 Å². The number of aliphatic carboxylic acids is 1. The third-order valence-corrected chi connectivity index (χ3v) is 2.98. The Balaban J connectivity index is 4.06. The van der Waals surface area contributed by atoms with E-state index in [-0.39, 0.29) is 38.4 Å². The van der Waals surface area contributed by atoms with Crippen molar-refractivity contribution in [1.29, 1.82) is 5.41 Å². The molecule has 7 N–H and O–H groups in total. The first kappa shape index (κ1) is 25.5. The van der Waals surface area contributed by atoms with Crippen LogP contribution in [0.5, 0.6) is 0 Å². The van der Waals surface area contributed by atoms with E-state index in [4.69, 9.17) is 25.7 Å². The number of carboxylic acid groups (broad SMARTS) is 1. The molecule has 0 bridgehead atoms. The average molecular weight is 407 g/mol. The smallest absolute Gasteiger partial charge is 0.408 e. The Bertz CT molecular complexity index is 535. The van der Waals surface area contributed by atoms with E-state index in [1.807, 2.05) is 0 Å². The number of alkyl carbamates (subject to hydrolysis) is 1. The molecule has 13 nitrogen and oxygen atoms in total. The minimum Gasteiger partial charge on any atom is -0.480 e. The van der Waals surface area contributed by atoms with Crippen molar-refractivity contribution in [2.24, 2.45) is 0 Å². The summed E-state index contributed by atoms with van der Waals surface area (Å²) in [5, 5.41) is 40.0. The van der Waals surface area contributed by atoms with Crippen LogP contribution in [0.4, 0.5) is 4.79 Å². The van der Waals surface area contributed by atoms with Gasteiger partial charge in [0.15, 0.2) is 5.96 Å². The molecule has 0 spiro atoms. The summed E-state index contributed by atoms with van der Waals surface area (Å²) in [6.45, 7) is 5.09. The van der Waals surface area contributed by atoms with Gasteiger partial charge in [-0.1, -0.05) is 0 Å². The lowest BCUT2D eigenvalue weighted by molar-refractivity contribution is -0.492. The first-order chi connectivity index (χ1) is 12.9. The molecule has 0 aromatic rings. The van der Waals surface area contributed by atoms with E-state index in [1.165, 1.54) is 0 Å². The lowest BCUT2D eigenvalue weighted by Crippen LogP contribution is -2.44. The maximum Gasteiger partial charge on any atom is 0.408 e. The molecule has 0 saturated carbocycles. The van der Waals surface area contributed by atoms with Gasteiger partial charge >= 0.3 is 12.1 Å². The first-order valence-corrected chi connectivity index (χ1v) is 8.56. The molecule has 0 aromatic heterocycles. The summed E-state index contributed by atoms with van der Waals surface area (Å²) in [6.07, 6.45) is -0.227. The van der Waals surface area contributed by atoms with Crippen LogP contribution in [0.3, 0.4) is 0 Å². The Labute approximate surface area is 162 Å². The highest BCUT2D eigenvalue weighted by Gasteiger charge is 2.23. The summed E-state index contributed by atoms with van der Waals surface area (Å²) in [5.74, 6) is -1.94. The number of hydrogen-bond donors (Lipinski definition) is 7. The molecule has 0 radical (unpaired) electrons. The zero-order chi connectivity index (χ0) is 21.7. The molecule has 0 aliphatic heterocycles. The van der Waals surface area contributed by atoms with Crippen molar-refractivity contribution in [1.82, 2.24) is 21.3 Å². The van der Waals surface area contributed by atoms with Gasteiger partial charge < -0.3 is 20.5 Å². The molecule has 0 saturated heterocycles. The second-order valence-electron chi connectivity index (χ2n) is 6.72. The van der Waals surface area contributed by atoms with Gasteiger partial charge in [-0.15, -0.1) is 0 Å². The second-order valence-corrected chi connectivity index (χ2v) is 6.72. The van der Waals surface area contributed by atoms with Crippen LogP contribution in [0.15, 0.2) is 0 Å². The number of nitrogens with zero attached hydrogens (tertiary/aromatic N) is 1. The summed E-state index contributed by atoms with van der Waals surface area (Å²) in [5.41, 5.74) is -0.746. The van der Waals surface area contributed by atoms with Crippen molar-refractivity contribution in [3.63, 3.8) is 0 Å². The minimum absolute atomic E-state index is 0.00119. The lowest BCUT2D eigenvalue weighted by Gasteiger charge is -2.22. The first-order valence-electron chi connectivity index (χ1n) is 8.56. The van der Waals surface area contributed by atoms with Gasteiger partial charge in [-0.3, -0.25) is 30.8 Å². The summed E-state index contributed by atoms with van der Waals surface area (Å²) in [4.78, 5) is 38.7. The number of rotatable bonds is 11. The predicted octanol–water partition coefficient (Wildman–Crippen LogP) is 0.177. The summed E-state index contributed by atoms with van der Waals surface area (Å²) < 4.78 is 5.01. The summed E-state index contributed by atoms with van der Waals surface area (Å²) >= 11 is 0. The molecule has 0 aliphatic rings. The minimum atomic E-state index is -1.21. The third kappa shape index (κ3) is 14.7. The Morgan fingerprint density at radius 3 is 2.36 bits per heavy atom. The van der Waals surface area contributed by atoms with Gasteiger partial charge in [-0.2, -0.15) is 0 Å². The molecule has 0 rings (SSSR count). The Kier molecular flexibility index (Phi) is 11.7. The maximum absolute atomic E-state index is 11.6. The molecule has 162 valence electrons. The van der Waals surface area contributed by atoms with E-state index >= 15 is 0 Å². The van der Waals surface area contributed by atoms with Gasteiger partial charge in [0.25, 0.3) is 0 Å². The van der Waals surface area contributed by atoms with E-state index in [1.54, 1.807) is 20.8 Å². The van der Waals surface area contributed by atoms with Crippen molar-refractivity contribution < 1.29 is 39.5 Å². The number of nitrogens with one attached hydrogen (secondary N) is 4. The van der Waals surface area contributed by atoms with Crippen LogP contribution in [-0.2, 0) is 19.2 Å². The standard InChI is InChI=1S/C15H29N5O8/c1-15(2,3)28-14(24)18-10(12(22)23)6-4-8-17-13(16)19-11(21)7-5-9-27-20(25)26/h10,25-26H,4-9H2,1-3H3,(H,18,24)(H,22,23)(H3,16,17,19,21). The quantitative estimate of drug-likeness (QED) is 0.107. The largest absolute Gasteiger partial charge is 0.480 e. The predicted molar refractivity (Wildman–Crippen MR) is 94.5 cm³/mol. The molecule has 0 aliphatic carbocycles. The molecular formula is C15H29N5O8. The van der Waals surface area contributed by atoms with Crippen molar-refractivity contribution >= 4 is 23.9 Å². The monoisotopic (exact) mass is 407 g/mol. The number of hydrogen-bond acceptors (Lipinski definition) is 9. The Morgan fingerprint density at radius 1 is 1.18 bits per heavy atom. The van der Waals surface area contributed by atoms with Crippen molar-refractivity contribution in [3.8, 4) is 0 Å². The molecule has 0 heterocycles. The zero-order valence-electron chi connectivity index (χ0n) is 16.2. The molecule has 0 aromatic carbocycles. The highest BCUT2D eigenvalue weighted by atomic mass is 17.1. The molecule has 13 heteroatoms. The molecular weight excluding hydrogens is 378 g/mol. The van der Waals surface area contributed by atoms with Gasteiger partial charge in [0.05, 0.1) is 12.0 Å². The third-order valence-electron chi connectivity index (χ3n) is 2.98. The van der Waals surface area contributed by atoms with Crippen molar-refractivity contribution in [3.05, 3.63) is 0 Å². The number of carboxylic acids is 1. The van der Waals surface area contributed by atoms with Crippen LogP contribution in [0, 0.1) is 5.41 Å². The fraction of sp³-hybridized carbons (Fsp3) is 0.733. The number of guanidine groups is 1. The van der Waals surface area contributed by atoms with E-state index in [0.717, 1.165) is 0 Å². The van der Waals surface area contributed by atoms with Crippen LogP contribution < -0.4 is 16.0 Å². The average Bonchev–Trinajstić information content (AvgIpc) is 2.52. The van der Waals surface area contributed by atoms with Crippen molar-refractivity contribution in [2.45, 2.75) is 58.1 Å². The van der Waals surface area contributed by atoms with Gasteiger partial charge in [0.1, 0.15) is 11.6 Å². The van der Waals surface area contributed by atoms with Crippen LogP contribution in [-0.4, -0.2) is 69.6 Å². The lowest BCUT2D eigenvalue weighted by atomic mass is 10.1. The van der Waals surface area contributed by atoms with Gasteiger partial charge in [-0.05, 0) is 40.0 Å². The van der Waals surface area contributed by atoms with Crippen molar-refractivity contribution in [2.75, 3.05) is 13.2 Å². The highest BCUT2D eigenvalue weighted by Crippen LogP contribution is 2.07. The van der Waals surface area contributed by atoms with E-state index < -0.39 is 35.0 Å². The molecule has 28 heavy (non-hydrogen) atoms.